The summed E-state index contributed by atoms with van der Waals surface area (Å²) >= 11 is 6.05. The number of nitrogens with zero attached hydrogens (tertiary/aromatic N) is 4. The standard InChI is InChI=1S/C28H21ClN4O6/c1-27-20(34)12-28(39-27,8-10-32-24(35)17-11-15(29)5-7-19(17)38-32)22-21(27)25(36)33(26(22)37)18-6-4-14(13-30)23-16(18)3-2-9-31-23/h2-7,9,11,20,34,36-37H,8,10,12H2,1H3/t20-,27-,28+/m1/s1. The zero-order valence-electron chi connectivity index (χ0n) is 20.6. The summed E-state index contributed by atoms with van der Waals surface area (Å²) in [6, 6.07) is 13.6. The number of nitriles is 1. The van der Waals surface area contributed by atoms with E-state index < -0.39 is 17.3 Å². The molecule has 10 nitrogen and oxygen atoms in total. The van der Waals surface area contributed by atoms with Crippen molar-refractivity contribution in [2.24, 2.45) is 0 Å². The van der Waals surface area contributed by atoms with Gasteiger partial charge in [-0.15, -0.1) is 0 Å². The van der Waals surface area contributed by atoms with Gasteiger partial charge in [0.15, 0.2) is 5.58 Å². The third-order valence-electron chi connectivity index (χ3n) is 8.07. The molecule has 0 aliphatic carbocycles. The fourth-order valence-corrected chi connectivity index (χ4v) is 6.44. The van der Waals surface area contributed by atoms with Crippen LogP contribution < -0.4 is 5.56 Å². The Morgan fingerprint density at radius 1 is 1.18 bits per heavy atom. The van der Waals surface area contributed by atoms with Gasteiger partial charge < -0.3 is 24.6 Å². The Labute approximate surface area is 225 Å². The largest absolute Gasteiger partial charge is 0.494 e. The van der Waals surface area contributed by atoms with Crippen molar-refractivity contribution in [2.75, 3.05) is 0 Å². The fourth-order valence-electron chi connectivity index (χ4n) is 6.26. The number of rotatable bonds is 4. The average molecular weight is 545 g/mol. The van der Waals surface area contributed by atoms with E-state index in [0.717, 1.165) is 0 Å². The zero-order valence-corrected chi connectivity index (χ0v) is 21.3. The number of halogens is 1. The van der Waals surface area contributed by atoms with Crippen molar-refractivity contribution in [1.82, 2.24) is 14.3 Å². The van der Waals surface area contributed by atoms with E-state index in [4.69, 9.17) is 20.9 Å². The molecule has 39 heavy (non-hydrogen) atoms. The number of pyridine rings is 1. The number of fused-ring (bicyclic) bond motifs is 7. The molecule has 0 spiro atoms. The topological polar surface area (TPSA) is 147 Å². The highest BCUT2D eigenvalue weighted by atomic mass is 35.5. The SMILES string of the molecule is C[C@@]12O[C@@](CCn3oc4ccc(Cl)cc4c3=O)(C[C@H]1O)c1c2c(O)n(-c2ccc(C#N)c3ncccc23)c1O. The second-order valence-corrected chi connectivity index (χ2v) is 10.6. The maximum absolute atomic E-state index is 12.9. The molecule has 2 aliphatic rings. The van der Waals surface area contributed by atoms with Crippen LogP contribution in [-0.2, 0) is 22.5 Å². The summed E-state index contributed by atoms with van der Waals surface area (Å²) in [5.41, 5.74) is -0.640. The first-order valence-electron chi connectivity index (χ1n) is 12.3. The summed E-state index contributed by atoms with van der Waals surface area (Å²) in [6.45, 7) is 1.75. The lowest BCUT2D eigenvalue weighted by Gasteiger charge is -2.26. The van der Waals surface area contributed by atoms with Crippen LogP contribution in [0.3, 0.4) is 0 Å². The molecule has 196 valence electrons. The molecular weight excluding hydrogens is 524 g/mol. The third-order valence-corrected chi connectivity index (χ3v) is 8.31. The second-order valence-electron chi connectivity index (χ2n) is 10.2. The number of ether oxygens (including phenoxy) is 1. The molecular formula is C28H21ClN4O6. The van der Waals surface area contributed by atoms with Crippen molar-refractivity contribution in [3.8, 4) is 23.5 Å². The van der Waals surface area contributed by atoms with Crippen molar-refractivity contribution >= 4 is 33.5 Å². The van der Waals surface area contributed by atoms with Gasteiger partial charge in [0.1, 0.15) is 17.3 Å². The number of hydrogen-bond donors (Lipinski definition) is 3. The van der Waals surface area contributed by atoms with E-state index in [0.29, 0.717) is 43.7 Å². The van der Waals surface area contributed by atoms with Gasteiger partial charge in [0, 0.05) is 29.4 Å². The van der Waals surface area contributed by atoms with Crippen molar-refractivity contribution in [1.29, 1.82) is 5.26 Å². The maximum atomic E-state index is 12.9. The first-order valence-corrected chi connectivity index (χ1v) is 12.7. The Hall–Kier alpha value is -4.30. The highest BCUT2D eigenvalue weighted by Crippen LogP contribution is 2.65. The highest BCUT2D eigenvalue weighted by molar-refractivity contribution is 6.31. The minimum absolute atomic E-state index is 0.0858. The third kappa shape index (κ3) is 3.03. The number of aliphatic hydroxyl groups excluding tert-OH is 1. The van der Waals surface area contributed by atoms with Gasteiger partial charge in [0.2, 0.25) is 11.8 Å². The second kappa shape index (κ2) is 7.86. The summed E-state index contributed by atoms with van der Waals surface area (Å²) in [5.74, 6) is -0.534. The number of aliphatic hydroxyl groups is 1. The van der Waals surface area contributed by atoms with Crippen LogP contribution in [0.4, 0.5) is 0 Å². The first-order chi connectivity index (χ1) is 18.7. The van der Waals surface area contributed by atoms with Crippen LogP contribution in [0.1, 0.15) is 36.5 Å². The number of aromatic nitrogens is 3. The molecule has 2 bridgehead atoms. The van der Waals surface area contributed by atoms with E-state index in [1.54, 1.807) is 55.6 Å². The maximum Gasteiger partial charge on any atom is 0.290 e. The predicted molar refractivity (Wildman–Crippen MR) is 140 cm³/mol. The van der Waals surface area contributed by atoms with Gasteiger partial charge in [0.05, 0.1) is 45.9 Å². The van der Waals surface area contributed by atoms with Crippen LogP contribution in [-0.4, -0.2) is 35.7 Å². The monoisotopic (exact) mass is 544 g/mol. The highest BCUT2D eigenvalue weighted by Gasteiger charge is 2.66. The molecule has 0 radical (unpaired) electrons. The zero-order chi connectivity index (χ0) is 27.3. The van der Waals surface area contributed by atoms with Crippen LogP contribution in [0.15, 0.2) is 58.0 Å². The molecule has 2 aliphatic heterocycles. The van der Waals surface area contributed by atoms with Gasteiger partial charge >= 0.3 is 0 Å². The number of hydrogen-bond acceptors (Lipinski definition) is 8. The van der Waals surface area contributed by atoms with Gasteiger partial charge in [0.25, 0.3) is 5.56 Å². The number of benzene rings is 2. The van der Waals surface area contributed by atoms with E-state index in [1.807, 2.05) is 0 Å². The molecule has 1 fully saturated rings. The van der Waals surface area contributed by atoms with Gasteiger partial charge in [-0.1, -0.05) is 11.6 Å². The fraction of sp³-hybridized carbons (Fsp3) is 0.250. The molecule has 2 aromatic carbocycles. The predicted octanol–water partition coefficient (Wildman–Crippen LogP) is 4.17. The van der Waals surface area contributed by atoms with Crippen molar-refractivity contribution < 1.29 is 24.6 Å². The van der Waals surface area contributed by atoms with Crippen LogP contribution in [0.25, 0.3) is 27.6 Å². The Balaban J connectivity index is 1.37. The van der Waals surface area contributed by atoms with Crippen molar-refractivity contribution in [3.05, 3.63) is 80.7 Å². The minimum atomic E-state index is -1.30. The average Bonchev–Trinajstić information content (AvgIpc) is 3.57. The van der Waals surface area contributed by atoms with Gasteiger partial charge in [-0.3, -0.25) is 14.3 Å². The Morgan fingerprint density at radius 2 is 1.97 bits per heavy atom. The molecule has 5 aromatic rings. The Morgan fingerprint density at radius 3 is 2.77 bits per heavy atom. The quantitative estimate of drug-likeness (QED) is 0.305. The Bertz CT molecular complexity index is 1950. The Kier molecular flexibility index (Phi) is 4.80. The van der Waals surface area contributed by atoms with Crippen LogP contribution in [0, 0.1) is 11.3 Å². The van der Waals surface area contributed by atoms with E-state index in [1.165, 1.54) is 9.31 Å². The molecule has 0 saturated carbocycles. The van der Waals surface area contributed by atoms with Crippen molar-refractivity contribution in [3.63, 3.8) is 0 Å². The van der Waals surface area contributed by atoms with Crippen LogP contribution in [0.5, 0.6) is 11.8 Å². The molecule has 3 aromatic heterocycles. The number of aryl methyl sites for hydroxylation is 1. The minimum Gasteiger partial charge on any atom is -0.494 e. The summed E-state index contributed by atoms with van der Waals surface area (Å²) in [7, 11) is 0. The summed E-state index contributed by atoms with van der Waals surface area (Å²) in [6.07, 6.45) is 0.907. The van der Waals surface area contributed by atoms with Crippen molar-refractivity contribution in [2.45, 2.75) is 43.6 Å². The molecule has 5 heterocycles. The van der Waals surface area contributed by atoms with Crippen LogP contribution in [0.2, 0.25) is 5.02 Å². The lowest BCUT2D eigenvalue weighted by molar-refractivity contribution is -0.107. The first kappa shape index (κ1) is 23.8. The smallest absolute Gasteiger partial charge is 0.290 e. The molecule has 1 saturated heterocycles. The molecule has 3 atom stereocenters. The number of aromatic hydroxyl groups is 2. The van der Waals surface area contributed by atoms with Gasteiger partial charge in [-0.05, 0) is 49.4 Å². The van der Waals surface area contributed by atoms with E-state index >= 15 is 0 Å². The summed E-state index contributed by atoms with van der Waals surface area (Å²) in [4.78, 5) is 17.3. The lowest BCUT2D eigenvalue weighted by Crippen LogP contribution is -2.33. The van der Waals surface area contributed by atoms with Crippen LogP contribution >= 0.6 is 11.6 Å². The van der Waals surface area contributed by atoms with E-state index in [9.17, 15) is 25.4 Å². The van der Waals surface area contributed by atoms with Gasteiger partial charge in [-0.25, -0.2) is 0 Å². The normalized spacial score (nSPS) is 23.5. The molecule has 0 unspecified atom stereocenters. The van der Waals surface area contributed by atoms with Gasteiger partial charge in [-0.2, -0.15) is 10.0 Å². The summed E-state index contributed by atoms with van der Waals surface area (Å²) in [5, 5.41) is 45.0. The van der Waals surface area contributed by atoms with E-state index in [-0.39, 0.29) is 42.3 Å². The lowest BCUT2D eigenvalue weighted by atomic mass is 9.76. The summed E-state index contributed by atoms with van der Waals surface area (Å²) < 4.78 is 14.6. The molecule has 7 rings (SSSR count). The molecule has 0 amide bonds. The van der Waals surface area contributed by atoms with E-state index in [2.05, 4.69) is 11.1 Å². The molecule has 11 heteroatoms. The molecule has 3 N–H and O–H groups in total.